The maximum Gasteiger partial charge on any atom is 0.248 e. The largest absolute Gasteiger partial charge is 0.366 e. The molecule has 3 rings (SSSR count). The summed E-state index contributed by atoms with van der Waals surface area (Å²) >= 11 is 0. The van der Waals surface area contributed by atoms with E-state index >= 15 is 0 Å². The van der Waals surface area contributed by atoms with Crippen LogP contribution in [0.5, 0.6) is 0 Å². The molecule has 0 aliphatic heterocycles. The number of benzene rings is 2. The number of primary amides is 1. The molecule has 0 radical (unpaired) electrons. The second kappa shape index (κ2) is 7.01. The highest BCUT2D eigenvalue weighted by Crippen LogP contribution is 2.23. The highest BCUT2D eigenvalue weighted by molar-refractivity contribution is 7.92. The molecular weight excluding hydrogens is 352 g/mol. The quantitative estimate of drug-likeness (QED) is 0.717. The third-order valence-corrected chi connectivity index (χ3v) is 4.99. The van der Waals surface area contributed by atoms with Gasteiger partial charge in [-0.3, -0.25) is 9.10 Å². The number of nitrogens with zero attached hydrogens (tertiary/aromatic N) is 3. The first-order valence-electron chi connectivity index (χ1n) is 7.81. The molecule has 0 atom stereocenters. The fourth-order valence-corrected chi connectivity index (χ4v) is 3.43. The molecule has 0 spiro atoms. The molecular formula is C18H18N4O3S. The van der Waals surface area contributed by atoms with Gasteiger partial charge in [0.1, 0.15) is 0 Å². The molecule has 0 aliphatic rings. The number of hydrogen-bond donors (Lipinski definition) is 1. The normalized spacial score (nSPS) is 11.3. The first-order valence-corrected chi connectivity index (χ1v) is 9.66. The Morgan fingerprint density at radius 2 is 1.88 bits per heavy atom. The fraction of sp³-hybridized carbons (Fsp3) is 0.111. The van der Waals surface area contributed by atoms with E-state index in [0.717, 1.165) is 17.5 Å². The number of hydrogen-bond acceptors (Lipinski definition) is 4. The highest BCUT2D eigenvalue weighted by Gasteiger charge is 2.18. The van der Waals surface area contributed by atoms with Crippen LogP contribution in [0, 0.1) is 0 Å². The molecule has 1 amide bonds. The van der Waals surface area contributed by atoms with Gasteiger partial charge < -0.3 is 5.73 Å². The second-order valence-corrected chi connectivity index (χ2v) is 7.71. The van der Waals surface area contributed by atoms with E-state index in [1.807, 2.05) is 6.07 Å². The van der Waals surface area contributed by atoms with E-state index in [2.05, 4.69) is 5.10 Å². The maximum absolute atomic E-state index is 12.3. The zero-order valence-corrected chi connectivity index (χ0v) is 14.9. The van der Waals surface area contributed by atoms with Gasteiger partial charge in [0.25, 0.3) is 0 Å². The van der Waals surface area contributed by atoms with Crippen LogP contribution in [0.1, 0.15) is 15.9 Å². The Hall–Kier alpha value is -3.13. The van der Waals surface area contributed by atoms with Crippen molar-refractivity contribution in [1.82, 2.24) is 9.78 Å². The number of sulfonamides is 1. The number of amides is 1. The van der Waals surface area contributed by atoms with Crippen molar-refractivity contribution in [3.05, 3.63) is 78.1 Å². The minimum Gasteiger partial charge on any atom is -0.366 e. The molecule has 1 heterocycles. The van der Waals surface area contributed by atoms with Gasteiger partial charge in [0.15, 0.2) is 0 Å². The van der Waals surface area contributed by atoms with Gasteiger partial charge in [-0.05, 0) is 42.0 Å². The molecule has 2 aromatic carbocycles. The molecule has 8 heteroatoms. The number of carbonyl (C=O) groups excluding carboxylic acids is 1. The zero-order chi connectivity index (χ0) is 18.7. The van der Waals surface area contributed by atoms with Gasteiger partial charge in [0.05, 0.1) is 24.2 Å². The van der Waals surface area contributed by atoms with Gasteiger partial charge in [-0.2, -0.15) is 5.10 Å². The molecule has 26 heavy (non-hydrogen) atoms. The van der Waals surface area contributed by atoms with E-state index in [1.54, 1.807) is 65.6 Å². The summed E-state index contributed by atoms with van der Waals surface area (Å²) in [5.41, 5.74) is 7.63. The lowest BCUT2D eigenvalue weighted by Crippen LogP contribution is -2.29. The minimum absolute atomic E-state index is 0.139. The Morgan fingerprint density at radius 3 is 2.46 bits per heavy atom. The molecule has 7 nitrogen and oxygen atoms in total. The van der Waals surface area contributed by atoms with Crippen molar-refractivity contribution in [3.8, 4) is 5.69 Å². The summed E-state index contributed by atoms with van der Waals surface area (Å²) in [6.07, 6.45) is 4.60. The second-order valence-electron chi connectivity index (χ2n) is 5.80. The summed E-state index contributed by atoms with van der Waals surface area (Å²) in [7, 11) is -3.52. The van der Waals surface area contributed by atoms with Gasteiger partial charge in [-0.1, -0.05) is 18.2 Å². The van der Waals surface area contributed by atoms with Crippen LogP contribution in [0.25, 0.3) is 5.69 Å². The van der Waals surface area contributed by atoms with Crippen LogP contribution in [0.4, 0.5) is 5.69 Å². The molecule has 0 saturated heterocycles. The number of carbonyl (C=O) groups is 1. The zero-order valence-electron chi connectivity index (χ0n) is 14.1. The molecule has 134 valence electrons. The average molecular weight is 370 g/mol. The van der Waals surface area contributed by atoms with Crippen molar-refractivity contribution in [3.63, 3.8) is 0 Å². The lowest BCUT2D eigenvalue weighted by Gasteiger charge is -2.23. The van der Waals surface area contributed by atoms with Crippen molar-refractivity contribution in [2.75, 3.05) is 10.6 Å². The molecule has 2 N–H and O–H groups in total. The van der Waals surface area contributed by atoms with Crippen LogP contribution < -0.4 is 10.0 Å². The topological polar surface area (TPSA) is 98.3 Å². The summed E-state index contributed by atoms with van der Waals surface area (Å²) in [6, 6.07) is 15.4. The number of aromatic nitrogens is 2. The van der Waals surface area contributed by atoms with Crippen molar-refractivity contribution in [2.45, 2.75) is 6.54 Å². The molecule has 1 aromatic heterocycles. The van der Waals surface area contributed by atoms with Crippen LogP contribution in [0.2, 0.25) is 0 Å². The van der Waals surface area contributed by atoms with Gasteiger partial charge in [-0.25, -0.2) is 13.1 Å². The number of nitrogens with two attached hydrogens (primary N) is 1. The van der Waals surface area contributed by atoms with Crippen LogP contribution >= 0.6 is 0 Å². The van der Waals surface area contributed by atoms with E-state index < -0.39 is 15.9 Å². The van der Waals surface area contributed by atoms with E-state index in [0.29, 0.717) is 11.3 Å². The molecule has 3 aromatic rings. The van der Waals surface area contributed by atoms with Gasteiger partial charge >= 0.3 is 0 Å². The van der Waals surface area contributed by atoms with Gasteiger partial charge in [0, 0.05) is 18.0 Å². The van der Waals surface area contributed by atoms with Gasteiger partial charge in [0.2, 0.25) is 15.9 Å². The standard InChI is InChI=1S/C18H18N4O3S/c1-26(24,25)22(13-14-6-8-15(9-7-14)18(19)23)17-5-2-4-16(12-17)21-11-3-10-20-21/h2-12H,13H2,1H3,(H2,19,23). The summed E-state index contributed by atoms with van der Waals surface area (Å²) in [5.74, 6) is -0.525. The molecule has 0 aliphatic carbocycles. The summed E-state index contributed by atoms with van der Waals surface area (Å²) < 4.78 is 27.6. The van der Waals surface area contributed by atoms with Crippen LogP contribution in [-0.4, -0.2) is 30.4 Å². The molecule has 0 unspecified atom stereocenters. The van der Waals surface area contributed by atoms with E-state index in [9.17, 15) is 13.2 Å². The van der Waals surface area contributed by atoms with E-state index in [4.69, 9.17) is 5.73 Å². The Kier molecular flexibility index (Phi) is 4.77. The van der Waals surface area contributed by atoms with Gasteiger partial charge in [-0.15, -0.1) is 0 Å². The van der Waals surface area contributed by atoms with Crippen LogP contribution in [-0.2, 0) is 16.6 Å². The Bertz CT molecular complexity index is 1010. The van der Waals surface area contributed by atoms with Crippen molar-refractivity contribution >= 4 is 21.6 Å². The molecule has 0 saturated carbocycles. The third kappa shape index (κ3) is 3.92. The third-order valence-electron chi connectivity index (χ3n) is 3.85. The van der Waals surface area contributed by atoms with Crippen molar-refractivity contribution in [1.29, 1.82) is 0 Å². The SMILES string of the molecule is CS(=O)(=O)N(Cc1ccc(C(N)=O)cc1)c1cccc(-n2cccn2)c1. The monoisotopic (exact) mass is 370 g/mol. The lowest BCUT2D eigenvalue weighted by molar-refractivity contribution is 0.100. The van der Waals surface area contributed by atoms with Crippen molar-refractivity contribution < 1.29 is 13.2 Å². The van der Waals surface area contributed by atoms with Crippen LogP contribution in [0.3, 0.4) is 0 Å². The predicted octanol–water partition coefficient (Wildman–Crippen LogP) is 1.94. The molecule has 0 bridgehead atoms. The Balaban J connectivity index is 1.94. The summed E-state index contributed by atoms with van der Waals surface area (Å²) in [4.78, 5) is 11.2. The predicted molar refractivity (Wildman–Crippen MR) is 99.6 cm³/mol. The minimum atomic E-state index is -3.52. The maximum atomic E-state index is 12.3. The average Bonchev–Trinajstić information content (AvgIpc) is 3.14. The number of anilines is 1. The van der Waals surface area contributed by atoms with Crippen LogP contribution in [0.15, 0.2) is 67.0 Å². The number of rotatable bonds is 6. The highest BCUT2D eigenvalue weighted by atomic mass is 32.2. The Morgan fingerprint density at radius 1 is 1.15 bits per heavy atom. The summed E-state index contributed by atoms with van der Waals surface area (Å²) in [6.45, 7) is 0.139. The molecule has 0 fully saturated rings. The first-order chi connectivity index (χ1) is 12.3. The fourth-order valence-electron chi connectivity index (χ4n) is 2.55. The first kappa shape index (κ1) is 17.7. The van der Waals surface area contributed by atoms with E-state index in [-0.39, 0.29) is 6.54 Å². The summed E-state index contributed by atoms with van der Waals surface area (Å²) in [5, 5.41) is 4.16. The Labute approximate surface area is 151 Å². The van der Waals surface area contributed by atoms with Crippen molar-refractivity contribution in [2.24, 2.45) is 5.73 Å². The lowest BCUT2D eigenvalue weighted by atomic mass is 10.1. The smallest absolute Gasteiger partial charge is 0.248 e. The van der Waals surface area contributed by atoms with E-state index in [1.165, 1.54) is 4.31 Å².